The second-order valence-corrected chi connectivity index (χ2v) is 8.67. The SMILES string of the molecule is CC(C)C(C#N)(CCCN(C)CCc1cccc(OC(F)(F)F)c1)c1cccc(OC(F)(F)F)c1. The molecule has 1 unspecified atom stereocenters. The fourth-order valence-corrected chi connectivity index (χ4v) is 3.94. The van der Waals surface area contributed by atoms with Gasteiger partial charge in [0.1, 0.15) is 11.5 Å². The molecule has 10 heteroatoms. The van der Waals surface area contributed by atoms with Crippen LogP contribution >= 0.6 is 0 Å². The molecule has 2 rings (SSSR count). The summed E-state index contributed by atoms with van der Waals surface area (Å²) >= 11 is 0. The second kappa shape index (κ2) is 11.7. The van der Waals surface area contributed by atoms with Gasteiger partial charge in [-0.15, -0.1) is 26.3 Å². The highest BCUT2D eigenvalue weighted by atomic mass is 19.4. The smallest absolute Gasteiger partial charge is 0.406 e. The van der Waals surface area contributed by atoms with Crippen molar-refractivity contribution >= 4 is 0 Å². The molecule has 0 aliphatic rings. The van der Waals surface area contributed by atoms with E-state index in [1.807, 2.05) is 25.8 Å². The maximum absolute atomic E-state index is 12.6. The molecule has 0 amide bonds. The largest absolute Gasteiger partial charge is 0.573 e. The van der Waals surface area contributed by atoms with E-state index in [2.05, 4.69) is 15.5 Å². The summed E-state index contributed by atoms with van der Waals surface area (Å²) in [5.41, 5.74) is 0.143. The van der Waals surface area contributed by atoms with Crippen LogP contribution in [0, 0.1) is 17.2 Å². The van der Waals surface area contributed by atoms with Gasteiger partial charge in [-0.25, -0.2) is 0 Å². The van der Waals surface area contributed by atoms with Gasteiger partial charge in [-0.2, -0.15) is 5.26 Å². The zero-order valence-corrected chi connectivity index (χ0v) is 19.7. The number of ether oxygens (including phenoxy) is 2. The lowest BCUT2D eigenvalue weighted by atomic mass is 9.70. The Morgan fingerprint density at radius 3 is 2.00 bits per heavy atom. The number of likely N-dealkylation sites (N-methyl/N-ethyl adjacent to an activating group) is 1. The Kier molecular flexibility index (Phi) is 9.44. The average Bonchev–Trinajstić information content (AvgIpc) is 2.73. The van der Waals surface area contributed by atoms with Crippen LogP contribution in [0.2, 0.25) is 0 Å². The standard InChI is InChI=1S/C25H28F6N2O2/c1-18(2)23(17-32,20-8-5-10-22(16-20)35-25(29,30)31)12-6-13-33(3)14-11-19-7-4-9-21(15-19)34-24(26,27)28/h4-5,7-10,15-16,18H,6,11-14H2,1-3H3. The highest BCUT2D eigenvalue weighted by Gasteiger charge is 2.37. The predicted octanol–water partition coefficient (Wildman–Crippen LogP) is 6.86. The van der Waals surface area contributed by atoms with Crippen LogP contribution in [0.1, 0.15) is 37.8 Å². The van der Waals surface area contributed by atoms with Crippen molar-refractivity contribution in [3.05, 3.63) is 59.7 Å². The van der Waals surface area contributed by atoms with Gasteiger partial charge in [0, 0.05) is 6.54 Å². The Bertz CT molecular complexity index is 1000. The molecule has 0 bridgehead atoms. The van der Waals surface area contributed by atoms with Crippen molar-refractivity contribution in [2.75, 3.05) is 20.1 Å². The van der Waals surface area contributed by atoms with E-state index in [1.165, 1.54) is 36.4 Å². The van der Waals surface area contributed by atoms with E-state index in [4.69, 9.17) is 0 Å². The first-order valence-corrected chi connectivity index (χ1v) is 11.0. The van der Waals surface area contributed by atoms with Gasteiger partial charge in [0.05, 0.1) is 11.5 Å². The summed E-state index contributed by atoms with van der Waals surface area (Å²) in [6.45, 7) is 4.85. The number of hydrogen-bond donors (Lipinski definition) is 0. The minimum Gasteiger partial charge on any atom is -0.406 e. The third-order valence-electron chi connectivity index (χ3n) is 5.79. The number of halogens is 6. The molecule has 0 saturated carbocycles. The van der Waals surface area contributed by atoms with E-state index in [0.717, 1.165) is 0 Å². The second-order valence-electron chi connectivity index (χ2n) is 8.67. The summed E-state index contributed by atoms with van der Waals surface area (Å²) in [6.07, 6.45) is -8.08. The number of alkyl halides is 6. The average molecular weight is 502 g/mol. The topological polar surface area (TPSA) is 45.5 Å². The molecule has 35 heavy (non-hydrogen) atoms. The summed E-state index contributed by atoms with van der Waals surface area (Å²) in [5.74, 6) is -0.815. The van der Waals surface area contributed by atoms with E-state index in [-0.39, 0.29) is 17.4 Å². The van der Waals surface area contributed by atoms with Crippen molar-refractivity contribution in [1.82, 2.24) is 4.90 Å². The zero-order valence-electron chi connectivity index (χ0n) is 19.7. The molecular formula is C25H28F6N2O2. The first-order chi connectivity index (χ1) is 16.2. The van der Waals surface area contributed by atoms with Crippen LogP contribution < -0.4 is 9.47 Å². The minimum atomic E-state index is -4.83. The van der Waals surface area contributed by atoms with E-state index in [1.54, 1.807) is 12.1 Å². The number of rotatable bonds is 11. The summed E-state index contributed by atoms with van der Waals surface area (Å²) in [6, 6.07) is 13.6. The molecule has 0 saturated heterocycles. The maximum atomic E-state index is 12.6. The zero-order chi connectivity index (χ0) is 26.3. The van der Waals surface area contributed by atoms with Gasteiger partial charge >= 0.3 is 12.7 Å². The Morgan fingerprint density at radius 2 is 1.46 bits per heavy atom. The first kappa shape index (κ1) is 28.3. The fraction of sp³-hybridized carbons (Fsp3) is 0.480. The number of benzene rings is 2. The van der Waals surface area contributed by atoms with Crippen LogP contribution in [0.3, 0.4) is 0 Å². The Labute approximate surface area is 201 Å². The lowest BCUT2D eigenvalue weighted by Crippen LogP contribution is -2.32. The molecule has 0 N–H and O–H groups in total. The van der Waals surface area contributed by atoms with Crippen molar-refractivity contribution in [2.45, 2.75) is 51.2 Å². The highest BCUT2D eigenvalue weighted by molar-refractivity contribution is 5.39. The van der Waals surface area contributed by atoms with Gasteiger partial charge in [0.25, 0.3) is 0 Å². The number of nitriles is 1. The van der Waals surface area contributed by atoms with Crippen LogP contribution in [-0.2, 0) is 11.8 Å². The molecule has 192 valence electrons. The Balaban J connectivity index is 2.00. The molecule has 2 aromatic carbocycles. The summed E-state index contributed by atoms with van der Waals surface area (Å²) in [5, 5.41) is 10.0. The quantitative estimate of drug-likeness (QED) is 0.315. The highest BCUT2D eigenvalue weighted by Crippen LogP contribution is 2.38. The number of nitrogens with zero attached hydrogens (tertiary/aromatic N) is 2. The van der Waals surface area contributed by atoms with Crippen LogP contribution in [-0.4, -0.2) is 37.8 Å². The van der Waals surface area contributed by atoms with Gasteiger partial charge in [0.2, 0.25) is 0 Å². The van der Waals surface area contributed by atoms with Crippen molar-refractivity contribution in [2.24, 2.45) is 5.92 Å². The molecule has 0 aliphatic carbocycles. The minimum absolute atomic E-state index is 0.171. The van der Waals surface area contributed by atoms with Crippen LogP contribution in [0.4, 0.5) is 26.3 Å². The Morgan fingerprint density at radius 1 is 0.886 bits per heavy atom. The number of hydrogen-bond acceptors (Lipinski definition) is 4. The van der Waals surface area contributed by atoms with Crippen LogP contribution in [0.25, 0.3) is 0 Å². The molecule has 0 spiro atoms. The Hall–Kier alpha value is -2.93. The van der Waals surface area contributed by atoms with Gasteiger partial charge in [-0.05, 0) is 74.2 Å². The molecule has 4 nitrogen and oxygen atoms in total. The van der Waals surface area contributed by atoms with Crippen molar-refractivity contribution < 1.29 is 35.8 Å². The van der Waals surface area contributed by atoms with E-state index >= 15 is 0 Å². The molecule has 0 radical (unpaired) electrons. The van der Waals surface area contributed by atoms with E-state index in [0.29, 0.717) is 43.5 Å². The maximum Gasteiger partial charge on any atom is 0.573 e. The molecular weight excluding hydrogens is 474 g/mol. The molecule has 0 fully saturated rings. The summed E-state index contributed by atoms with van der Waals surface area (Å²) in [4.78, 5) is 1.99. The van der Waals surface area contributed by atoms with Crippen LogP contribution in [0.5, 0.6) is 11.5 Å². The van der Waals surface area contributed by atoms with E-state index < -0.39 is 18.1 Å². The summed E-state index contributed by atoms with van der Waals surface area (Å²) < 4.78 is 83.1. The third-order valence-corrected chi connectivity index (χ3v) is 5.79. The fourth-order valence-electron chi connectivity index (χ4n) is 3.94. The van der Waals surface area contributed by atoms with E-state index in [9.17, 15) is 31.6 Å². The van der Waals surface area contributed by atoms with Crippen molar-refractivity contribution in [3.8, 4) is 17.6 Å². The third kappa shape index (κ3) is 8.98. The van der Waals surface area contributed by atoms with Gasteiger partial charge in [0.15, 0.2) is 0 Å². The van der Waals surface area contributed by atoms with Crippen molar-refractivity contribution in [1.29, 1.82) is 5.26 Å². The molecule has 2 aromatic rings. The first-order valence-electron chi connectivity index (χ1n) is 11.0. The molecule has 0 aromatic heterocycles. The normalized spacial score (nSPS) is 14.0. The lowest BCUT2D eigenvalue weighted by Gasteiger charge is -2.32. The molecule has 0 heterocycles. The lowest BCUT2D eigenvalue weighted by molar-refractivity contribution is -0.275. The monoisotopic (exact) mass is 502 g/mol. The molecule has 1 atom stereocenters. The van der Waals surface area contributed by atoms with Crippen molar-refractivity contribution in [3.63, 3.8) is 0 Å². The van der Waals surface area contributed by atoms with Gasteiger partial charge in [-0.3, -0.25) is 0 Å². The van der Waals surface area contributed by atoms with Crippen LogP contribution in [0.15, 0.2) is 48.5 Å². The predicted molar refractivity (Wildman–Crippen MR) is 119 cm³/mol. The summed E-state index contributed by atoms with van der Waals surface area (Å²) in [7, 11) is 1.86. The van der Waals surface area contributed by atoms with Gasteiger partial charge < -0.3 is 14.4 Å². The van der Waals surface area contributed by atoms with Gasteiger partial charge in [-0.1, -0.05) is 38.1 Å². The molecule has 0 aliphatic heterocycles.